The minimum atomic E-state index is -0.678. The molecule has 6 nitrogen and oxygen atoms in total. The van der Waals surface area contributed by atoms with Crippen LogP contribution >= 0.6 is 38.9 Å². The van der Waals surface area contributed by atoms with Crippen molar-refractivity contribution in [3.63, 3.8) is 0 Å². The molecule has 3 aromatic carbocycles. The minimum Gasteiger partial charge on any atom is -0.488 e. The number of hydrogen-bond donors (Lipinski definition) is 0. The highest BCUT2D eigenvalue weighted by atomic mass is 79.9. The number of fused-ring (bicyclic) bond motifs is 1. The number of aromatic nitrogens is 1. The van der Waals surface area contributed by atoms with Gasteiger partial charge in [0.2, 0.25) is 0 Å². The van der Waals surface area contributed by atoms with E-state index in [1.165, 1.54) is 11.3 Å². The van der Waals surface area contributed by atoms with Gasteiger partial charge in [-0.2, -0.15) is 0 Å². The van der Waals surface area contributed by atoms with Crippen LogP contribution in [-0.4, -0.2) is 17.1 Å². The van der Waals surface area contributed by atoms with Crippen LogP contribution in [0.15, 0.2) is 86.2 Å². The Morgan fingerprint density at radius 1 is 1.07 bits per heavy atom. The molecule has 0 amide bonds. The Kier molecular flexibility index (Phi) is 8.63. The molecule has 0 radical (unpaired) electrons. The van der Waals surface area contributed by atoms with Gasteiger partial charge in [-0.05, 0) is 98.0 Å². The number of carbonyl (C=O) groups is 1. The van der Waals surface area contributed by atoms with Crippen molar-refractivity contribution < 1.29 is 14.3 Å². The first-order valence-corrected chi connectivity index (χ1v) is 15.1. The van der Waals surface area contributed by atoms with E-state index in [9.17, 15) is 9.59 Å². The average molecular weight is 652 g/mol. The SMILES string of the molecule is CCOC(=O)C1=C(C)N=c2s/c(=C\c3cc(C)c(OCc4ccc(Br)cc4)c(C)c3)c(=O)n2[C@@H]1c1ccc(Cl)cc1. The smallest absolute Gasteiger partial charge is 0.338 e. The molecule has 0 aliphatic carbocycles. The van der Waals surface area contributed by atoms with E-state index in [1.54, 1.807) is 30.5 Å². The zero-order valence-electron chi connectivity index (χ0n) is 23.0. The van der Waals surface area contributed by atoms with Crippen LogP contribution in [0, 0.1) is 13.8 Å². The van der Waals surface area contributed by atoms with Crippen molar-refractivity contribution in [3.05, 3.63) is 129 Å². The second-order valence-electron chi connectivity index (χ2n) is 9.75. The van der Waals surface area contributed by atoms with Gasteiger partial charge in [0.1, 0.15) is 12.4 Å². The van der Waals surface area contributed by atoms with E-state index < -0.39 is 12.0 Å². The molecule has 1 aromatic heterocycles. The van der Waals surface area contributed by atoms with Gasteiger partial charge >= 0.3 is 5.97 Å². The van der Waals surface area contributed by atoms with E-state index in [1.807, 2.05) is 68.5 Å². The predicted octanol–water partition coefficient (Wildman–Crippen LogP) is 6.41. The highest BCUT2D eigenvalue weighted by Crippen LogP contribution is 2.31. The van der Waals surface area contributed by atoms with E-state index in [-0.39, 0.29) is 12.2 Å². The number of halogens is 2. The number of ether oxygens (including phenoxy) is 2. The van der Waals surface area contributed by atoms with Crippen LogP contribution in [0.25, 0.3) is 6.08 Å². The van der Waals surface area contributed by atoms with Crippen molar-refractivity contribution in [2.45, 2.75) is 40.3 Å². The third-order valence-electron chi connectivity index (χ3n) is 6.78. The van der Waals surface area contributed by atoms with E-state index >= 15 is 0 Å². The van der Waals surface area contributed by atoms with Crippen LogP contribution < -0.4 is 19.6 Å². The Balaban J connectivity index is 1.54. The van der Waals surface area contributed by atoms with Crippen LogP contribution in [0.4, 0.5) is 0 Å². The molecule has 2 heterocycles. The maximum absolute atomic E-state index is 13.9. The molecule has 0 spiro atoms. The largest absolute Gasteiger partial charge is 0.488 e. The number of allylic oxidation sites excluding steroid dienone is 1. The predicted molar refractivity (Wildman–Crippen MR) is 166 cm³/mol. The van der Waals surface area contributed by atoms with Crippen LogP contribution in [0.2, 0.25) is 5.02 Å². The lowest BCUT2D eigenvalue weighted by Crippen LogP contribution is -2.39. The first kappa shape index (κ1) is 29.0. The Morgan fingerprint density at radius 3 is 2.37 bits per heavy atom. The van der Waals surface area contributed by atoms with Crippen molar-refractivity contribution in [1.29, 1.82) is 0 Å². The monoisotopic (exact) mass is 650 g/mol. The van der Waals surface area contributed by atoms with Gasteiger partial charge in [-0.3, -0.25) is 9.36 Å². The number of rotatable bonds is 7. The summed E-state index contributed by atoms with van der Waals surface area (Å²) >= 11 is 10.9. The van der Waals surface area contributed by atoms with E-state index in [0.717, 1.165) is 38.0 Å². The second kappa shape index (κ2) is 12.2. The topological polar surface area (TPSA) is 69.9 Å². The van der Waals surface area contributed by atoms with Gasteiger partial charge in [0.05, 0.1) is 28.5 Å². The van der Waals surface area contributed by atoms with Gasteiger partial charge in [-0.15, -0.1) is 0 Å². The lowest BCUT2D eigenvalue weighted by molar-refractivity contribution is -0.139. The molecule has 0 saturated carbocycles. The highest BCUT2D eigenvalue weighted by molar-refractivity contribution is 9.10. The van der Waals surface area contributed by atoms with Crippen molar-refractivity contribution in [2.75, 3.05) is 6.61 Å². The maximum atomic E-state index is 13.9. The fourth-order valence-electron chi connectivity index (χ4n) is 4.93. The lowest BCUT2D eigenvalue weighted by atomic mass is 9.96. The molecule has 1 aliphatic heterocycles. The standard InChI is InChI=1S/C32H28BrClN2O4S/c1-5-39-31(38)27-20(4)35-32-36(28(27)23-8-12-25(34)13-9-23)30(37)26(41-32)16-22-14-18(2)29(19(3)15-22)40-17-21-6-10-24(33)11-7-21/h6-16,28H,5,17H2,1-4H3/b26-16-/t28-/m1/s1. The molecule has 9 heteroatoms. The van der Waals surface area contributed by atoms with Crippen molar-refractivity contribution >= 4 is 50.9 Å². The first-order chi connectivity index (χ1) is 19.7. The molecule has 0 unspecified atom stereocenters. The molecule has 1 atom stereocenters. The summed E-state index contributed by atoms with van der Waals surface area (Å²) in [6.07, 6.45) is 1.87. The fourth-order valence-corrected chi connectivity index (χ4v) is 6.37. The number of benzene rings is 3. The molecule has 4 aromatic rings. The number of carbonyl (C=O) groups excluding carboxylic acids is 1. The molecule has 41 heavy (non-hydrogen) atoms. The van der Waals surface area contributed by atoms with Crippen molar-refractivity contribution in [1.82, 2.24) is 4.57 Å². The Morgan fingerprint density at radius 2 is 1.73 bits per heavy atom. The summed E-state index contributed by atoms with van der Waals surface area (Å²) in [5.41, 5.74) is 5.28. The molecule has 0 N–H and O–H groups in total. The summed E-state index contributed by atoms with van der Waals surface area (Å²) in [7, 11) is 0. The number of hydrogen-bond acceptors (Lipinski definition) is 6. The van der Waals surface area contributed by atoms with Crippen LogP contribution in [0.5, 0.6) is 5.75 Å². The summed E-state index contributed by atoms with van der Waals surface area (Å²) in [6, 6.07) is 18.5. The van der Waals surface area contributed by atoms with Gasteiger partial charge in [-0.1, -0.05) is 63.1 Å². The Bertz CT molecular complexity index is 1820. The van der Waals surface area contributed by atoms with Crippen molar-refractivity contribution in [3.8, 4) is 5.75 Å². The third kappa shape index (κ3) is 6.10. The molecule has 210 valence electrons. The first-order valence-electron chi connectivity index (χ1n) is 13.1. The fraction of sp³-hybridized carbons (Fsp3) is 0.219. The van der Waals surface area contributed by atoms with Gasteiger partial charge in [0.25, 0.3) is 5.56 Å². The van der Waals surface area contributed by atoms with Gasteiger partial charge < -0.3 is 9.47 Å². The quantitative estimate of drug-likeness (QED) is 0.217. The zero-order valence-corrected chi connectivity index (χ0v) is 26.2. The molecular weight excluding hydrogens is 624 g/mol. The average Bonchev–Trinajstić information content (AvgIpc) is 3.23. The maximum Gasteiger partial charge on any atom is 0.338 e. The van der Waals surface area contributed by atoms with E-state index in [0.29, 0.717) is 32.2 Å². The molecular formula is C32H28BrClN2O4S. The van der Waals surface area contributed by atoms with Gasteiger partial charge in [0, 0.05) is 9.50 Å². The number of esters is 1. The van der Waals surface area contributed by atoms with Gasteiger partial charge in [-0.25, -0.2) is 9.79 Å². The Hall–Kier alpha value is -3.46. The minimum absolute atomic E-state index is 0.217. The normalized spacial score (nSPS) is 15.0. The summed E-state index contributed by atoms with van der Waals surface area (Å²) in [6.45, 7) is 8.19. The zero-order chi connectivity index (χ0) is 29.3. The summed E-state index contributed by atoms with van der Waals surface area (Å²) in [5, 5.41) is 0.564. The number of thiazole rings is 1. The van der Waals surface area contributed by atoms with Crippen molar-refractivity contribution in [2.24, 2.45) is 4.99 Å². The molecule has 1 aliphatic rings. The lowest BCUT2D eigenvalue weighted by Gasteiger charge is -2.24. The van der Waals surface area contributed by atoms with E-state index in [2.05, 4.69) is 20.9 Å². The second-order valence-corrected chi connectivity index (χ2v) is 12.1. The third-order valence-corrected chi connectivity index (χ3v) is 8.54. The Labute approximate surface area is 255 Å². The van der Waals surface area contributed by atoms with Gasteiger partial charge in [0.15, 0.2) is 4.80 Å². The summed E-state index contributed by atoms with van der Waals surface area (Å²) in [4.78, 5) is 32.1. The molecule has 5 rings (SSSR count). The van der Waals surface area contributed by atoms with Crippen LogP contribution in [0.3, 0.4) is 0 Å². The van der Waals surface area contributed by atoms with Crippen LogP contribution in [0.1, 0.15) is 47.7 Å². The molecule has 0 fully saturated rings. The highest BCUT2D eigenvalue weighted by Gasteiger charge is 2.33. The summed E-state index contributed by atoms with van der Waals surface area (Å²) < 4.78 is 14.6. The summed E-state index contributed by atoms with van der Waals surface area (Å²) in [5.74, 6) is 0.330. The molecule has 0 saturated heterocycles. The van der Waals surface area contributed by atoms with Crippen LogP contribution in [-0.2, 0) is 16.1 Å². The van der Waals surface area contributed by atoms with E-state index in [4.69, 9.17) is 21.1 Å². The molecule has 0 bridgehead atoms. The number of nitrogens with zero attached hydrogens (tertiary/aromatic N) is 2. The number of aryl methyl sites for hydroxylation is 2.